The van der Waals surface area contributed by atoms with Crippen molar-refractivity contribution in [3.63, 3.8) is 0 Å². The molecule has 0 atom stereocenters. The van der Waals surface area contributed by atoms with E-state index in [-0.39, 0.29) is 36.9 Å². The number of carbonyl (C=O) groups excluding carboxylic acids is 3. The van der Waals surface area contributed by atoms with Gasteiger partial charge in [0.05, 0.1) is 19.1 Å². The van der Waals surface area contributed by atoms with Crippen LogP contribution in [0.5, 0.6) is 5.75 Å². The molecule has 1 heterocycles. The Kier molecular flexibility index (Phi) is 8.69. The predicted molar refractivity (Wildman–Crippen MR) is 114 cm³/mol. The van der Waals surface area contributed by atoms with Crippen LogP contribution < -0.4 is 4.74 Å². The Morgan fingerprint density at radius 3 is 2.47 bits per heavy atom. The maximum atomic E-state index is 12.5. The Bertz CT molecular complexity index is 754. The third kappa shape index (κ3) is 6.47. The molecule has 166 valence electrons. The lowest BCUT2D eigenvalue weighted by molar-refractivity contribution is -0.151. The summed E-state index contributed by atoms with van der Waals surface area (Å²) >= 11 is 0. The Hall–Kier alpha value is -2.57. The van der Waals surface area contributed by atoms with E-state index in [0.717, 1.165) is 11.1 Å². The number of esters is 1. The third-order valence-electron chi connectivity index (χ3n) is 5.50. The average molecular weight is 419 g/mol. The number of carbonyl (C=O) groups is 3. The Labute approximate surface area is 179 Å². The first-order valence-electron chi connectivity index (χ1n) is 10.6. The van der Waals surface area contributed by atoms with E-state index in [1.807, 2.05) is 19.1 Å². The van der Waals surface area contributed by atoms with Crippen molar-refractivity contribution in [3.05, 3.63) is 29.3 Å². The van der Waals surface area contributed by atoms with Gasteiger partial charge in [-0.1, -0.05) is 26.0 Å². The number of ether oxygens (including phenoxy) is 2. The van der Waals surface area contributed by atoms with Crippen molar-refractivity contribution in [3.8, 4) is 5.75 Å². The summed E-state index contributed by atoms with van der Waals surface area (Å²) < 4.78 is 10.8. The number of piperidine rings is 1. The van der Waals surface area contributed by atoms with Gasteiger partial charge in [0, 0.05) is 20.1 Å². The van der Waals surface area contributed by atoms with Crippen LogP contribution in [0.3, 0.4) is 0 Å². The van der Waals surface area contributed by atoms with Crippen molar-refractivity contribution in [1.29, 1.82) is 0 Å². The fourth-order valence-corrected chi connectivity index (χ4v) is 3.40. The molecule has 1 fully saturated rings. The van der Waals surface area contributed by atoms with Crippen LogP contribution in [0, 0.1) is 12.8 Å². The molecule has 0 N–H and O–H groups in total. The van der Waals surface area contributed by atoms with Crippen molar-refractivity contribution >= 4 is 17.8 Å². The minimum absolute atomic E-state index is 0.00270. The second-order valence-corrected chi connectivity index (χ2v) is 8.13. The first-order valence-corrected chi connectivity index (χ1v) is 10.6. The molecule has 0 radical (unpaired) electrons. The highest BCUT2D eigenvalue weighted by atomic mass is 16.5. The van der Waals surface area contributed by atoms with Crippen molar-refractivity contribution in [1.82, 2.24) is 9.80 Å². The fraction of sp³-hybridized carbons (Fsp3) is 0.609. The van der Waals surface area contributed by atoms with Crippen LogP contribution in [-0.4, -0.2) is 67.5 Å². The second-order valence-electron chi connectivity index (χ2n) is 8.13. The molecule has 0 aromatic heterocycles. The molecule has 0 bridgehead atoms. The highest BCUT2D eigenvalue weighted by molar-refractivity contribution is 5.85. The van der Waals surface area contributed by atoms with Gasteiger partial charge < -0.3 is 19.3 Å². The third-order valence-corrected chi connectivity index (χ3v) is 5.50. The molecule has 1 aliphatic rings. The van der Waals surface area contributed by atoms with Gasteiger partial charge in [0.15, 0.2) is 6.61 Å². The monoisotopic (exact) mass is 418 g/mol. The van der Waals surface area contributed by atoms with Gasteiger partial charge in [0.25, 0.3) is 5.91 Å². The number of aryl methyl sites for hydroxylation is 1. The van der Waals surface area contributed by atoms with Crippen LogP contribution >= 0.6 is 0 Å². The van der Waals surface area contributed by atoms with Gasteiger partial charge in [-0.15, -0.1) is 0 Å². The molecular formula is C23H34N2O5. The molecule has 0 saturated carbocycles. The van der Waals surface area contributed by atoms with Gasteiger partial charge in [-0.05, 0) is 49.8 Å². The summed E-state index contributed by atoms with van der Waals surface area (Å²) in [6, 6.07) is 6.01. The molecule has 30 heavy (non-hydrogen) atoms. The van der Waals surface area contributed by atoms with Gasteiger partial charge in [-0.2, -0.15) is 0 Å². The van der Waals surface area contributed by atoms with Crippen LogP contribution in [0.1, 0.15) is 50.7 Å². The maximum absolute atomic E-state index is 12.5. The van der Waals surface area contributed by atoms with Gasteiger partial charge in [-0.25, -0.2) is 0 Å². The average Bonchev–Trinajstić information content (AvgIpc) is 2.72. The molecule has 2 rings (SSSR count). The van der Waals surface area contributed by atoms with Gasteiger partial charge in [-0.3, -0.25) is 14.4 Å². The lowest BCUT2D eigenvalue weighted by Gasteiger charge is -2.32. The lowest BCUT2D eigenvalue weighted by atomic mass is 9.97. The van der Waals surface area contributed by atoms with E-state index in [1.54, 1.807) is 18.9 Å². The molecule has 1 saturated heterocycles. The summed E-state index contributed by atoms with van der Waals surface area (Å²) in [5, 5.41) is 0. The SMILES string of the molecule is CCOC(=O)C1CCN(C(=O)CN(C)C(=O)COc2cc(C(C)C)ccc2C)CC1. The number of hydrogen-bond acceptors (Lipinski definition) is 5. The summed E-state index contributed by atoms with van der Waals surface area (Å²) in [4.78, 5) is 39.9. The molecule has 7 nitrogen and oxygen atoms in total. The molecule has 2 amide bonds. The minimum Gasteiger partial charge on any atom is -0.483 e. The van der Waals surface area contributed by atoms with E-state index in [2.05, 4.69) is 19.9 Å². The highest BCUT2D eigenvalue weighted by Crippen LogP contribution is 2.24. The lowest BCUT2D eigenvalue weighted by Crippen LogP contribution is -2.46. The molecule has 0 unspecified atom stereocenters. The quantitative estimate of drug-likeness (QED) is 0.607. The summed E-state index contributed by atoms with van der Waals surface area (Å²) in [5.74, 6) is 0.356. The number of nitrogens with zero attached hydrogens (tertiary/aromatic N) is 2. The predicted octanol–water partition coefficient (Wildman–Crippen LogP) is 2.76. The molecule has 1 aliphatic heterocycles. The number of benzene rings is 1. The van der Waals surface area contributed by atoms with Gasteiger partial charge in [0.2, 0.25) is 5.91 Å². The van der Waals surface area contributed by atoms with Crippen LogP contribution in [-0.2, 0) is 19.1 Å². The van der Waals surface area contributed by atoms with E-state index < -0.39 is 0 Å². The van der Waals surface area contributed by atoms with Crippen molar-refractivity contribution in [2.45, 2.75) is 46.5 Å². The van der Waals surface area contributed by atoms with Gasteiger partial charge in [0.1, 0.15) is 5.75 Å². The van der Waals surface area contributed by atoms with Crippen molar-refractivity contribution in [2.75, 3.05) is 39.9 Å². The summed E-state index contributed by atoms with van der Waals surface area (Å²) in [7, 11) is 1.60. The Balaban J connectivity index is 1.81. The zero-order valence-electron chi connectivity index (χ0n) is 18.8. The minimum atomic E-state index is -0.251. The van der Waals surface area contributed by atoms with E-state index in [1.165, 1.54) is 4.90 Å². The zero-order chi connectivity index (χ0) is 22.3. The molecular weight excluding hydrogens is 384 g/mol. The van der Waals surface area contributed by atoms with Crippen LogP contribution in [0.25, 0.3) is 0 Å². The van der Waals surface area contributed by atoms with Crippen molar-refractivity contribution in [2.24, 2.45) is 5.92 Å². The summed E-state index contributed by atoms with van der Waals surface area (Å²) in [6.45, 7) is 9.20. The number of rotatable bonds is 8. The molecule has 0 aliphatic carbocycles. The second kappa shape index (κ2) is 11.0. The van der Waals surface area contributed by atoms with E-state index in [4.69, 9.17) is 9.47 Å². The summed E-state index contributed by atoms with van der Waals surface area (Å²) in [5.41, 5.74) is 2.12. The van der Waals surface area contributed by atoms with E-state index in [9.17, 15) is 14.4 Å². The number of hydrogen-bond donors (Lipinski definition) is 0. The molecule has 1 aromatic carbocycles. The fourth-order valence-electron chi connectivity index (χ4n) is 3.40. The van der Waals surface area contributed by atoms with Crippen LogP contribution in [0.2, 0.25) is 0 Å². The molecule has 7 heteroatoms. The normalized spacial score (nSPS) is 14.5. The molecule has 1 aromatic rings. The summed E-state index contributed by atoms with van der Waals surface area (Å²) in [6.07, 6.45) is 1.19. The first-order chi connectivity index (χ1) is 14.2. The topological polar surface area (TPSA) is 76.2 Å². The smallest absolute Gasteiger partial charge is 0.309 e. The van der Waals surface area contributed by atoms with Gasteiger partial charge >= 0.3 is 5.97 Å². The van der Waals surface area contributed by atoms with Crippen LogP contribution in [0.4, 0.5) is 0 Å². The Morgan fingerprint density at radius 1 is 1.20 bits per heavy atom. The zero-order valence-corrected chi connectivity index (χ0v) is 18.8. The maximum Gasteiger partial charge on any atom is 0.309 e. The first kappa shape index (κ1) is 23.7. The van der Waals surface area contributed by atoms with E-state index >= 15 is 0 Å². The highest BCUT2D eigenvalue weighted by Gasteiger charge is 2.29. The number of likely N-dealkylation sites (tertiary alicyclic amines) is 1. The van der Waals surface area contributed by atoms with E-state index in [0.29, 0.717) is 44.2 Å². The van der Waals surface area contributed by atoms with Crippen LogP contribution in [0.15, 0.2) is 18.2 Å². The Morgan fingerprint density at radius 2 is 1.87 bits per heavy atom. The molecule has 0 spiro atoms. The number of amides is 2. The standard InChI is InChI=1S/C23H34N2O5/c1-6-29-23(28)18-9-11-25(12-10-18)21(26)14-24(5)22(27)15-30-20-13-19(16(2)3)8-7-17(20)4/h7-8,13,16,18H,6,9-12,14-15H2,1-5H3. The van der Waals surface area contributed by atoms with Crippen molar-refractivity contribution < 1.29 is 23.9 Å². The number of likely N-dealkylation sites (N-methyl/N-ethyl adjacent to an activating group) is 1. The largest absolute Gasteiger partial charge is 0.483 e.